The Morgan fingerprint density at radius 1 is 1.35 bits per heavy atom. The van der Waals surface area contributed by atoms with Gasteiger partial charge in [0, 0.05) is 6.54 Å². The van der Waals surface area contributed by atoms with Crippen molar-refractivity contribution < 1.29 is 8.42 Å². The van der Waals surface area contributed by atoms with Crippen molar-refractivity contribution in [3.05, 3.63) is 42.5 Å². The molecule has 1 aromatic rings. The monoisotopic (exact) mass is 253 g/mol. The summed E-state index contributed by atoms with van der Waals surface area (Å²) in [6.45, 7) is 9.88. The zero-order chi connectivity index (χ0) is 13.1. The van der Waals surface area contributed by atoms with E-state index in [-0.39, 0.29) is 12.0 Å². The Morgan fingerprint density at radius 3 is 2.53 bits per heavy atom. The van der Waals surface area contributed by atoms with Crippen LogP contribution in [0.1, 0.15) is 26.3 Å². The van der Waals surface area contributed by atoms with Crippen molar-refractivity contribution >= 4 is 10.0 Å². The van der Waals surface area contributed by atoms with Gasteiger partial charge in [-0.3, -0.25) is 0 Å². The van der Waals surface area contributed by atoms with Crippen LogP contribution in [0.15, 0.2) is 41.8 Å². The van der Waals surface area contributed by atoms with Crippen molar-refractivity contribution in [1.29, 1.82) is 0 Å². The van der Waals surface area contributed by atoms with Gasteiger partial charge in [-0.05, 0) is 23.1 Å². The molecule has 1 aromatic carbocycles. The van der Waals surface area contributed by atoms with E-state index in [1.165, 1.54) is 6.08 Å². The maximum absolute atomic E-state index is 11.9. The second-order valence-corrected chi connectivity index (χ2v) is 6.69. The number of rotatable bonds is 4. The van der Waals surface area contributed by atoms with Crippen LogP contribution in [0, 0.1) is 0 Å². The number of hydrogen-bond acceptors (Lipinski definition) is 2. The molecule has 0 fully saturated rings. The van der Waals surface area contributed by atoms with Gasteiger partial charge in [-0.1, -0.05) is 39.0 Å². The lowest BCUT2D eigenvalue weighted by Crippen LogP contribution is -2.24. The van der Waals surface area contributed by atoms with Crippen LogP contribution in [-0.2, 0) is 15.4 Å². The molecule has 0 atom stereocenters. The van der Waals surface area contributed by atoms with Crippen molar-refractivity contribution in [3.8, 4) is 0 Å². The molecule has 94 valence electrons. The van der Waals surface area contributed by atoms with E-state index in [0.29, 0.717) is 4.90 Å². The van der Waals surface area contributed by atoms with Crippen molar-refractivity contribution in [1.82, 2.24) is 4.72 Å². The van der Waals surface area contributed by atoms with E-state index in [0.717, 1.165) is 5.56 Å². The minimum atomic E-state index is -3.43. The largest absolute Gasteiger partial charge is 0.240 e. The number of nitrogens with one attached hydrogen (secondary N) is 1. The Labute approximate surface area is 104 Å². The van der Waals surface area contributed by atoms with E-state index < -0.39 is 10.0 Å². The Kier molecular flexibility index (Phi) is 4.11. The van der Waals surface area contributed by atoms with E-state index in [1.54, 1.807) is 18.2 Å². The zero-order valence-corrected chi connectivity index (χ0v) is 11.3. The molecule has 0 saturated carbocycles. The van der Waals surface area contributed by atoms with E-state index in [9.17, 15) is 8.42 Å². The first-order chi connectivity index (χ1) is 7.77. The number of sulfonamides is 1. The molecule has 0 bridgehead atoms. The van der Waals surface area contributed by atoms with Crippen LogP contribution in [0.5, 0.6) is 0 Å². The van der Waals surface area contributed by atoms with Gasteiger partial charge in [-0.15, -0.1) is 6.58 Å². The van der Waals surface area contributed by atoms with Crippen LogP contribution in [0.2, 0.25) is 0 Å². The van der Waals surface area contributed by atoms with Crippen LogP contribution in [0.3, 0.4) is 0 Å². The molecule has 3 nitrogen and oxygen atoms in total. The van der Waals surface area contributed by atoms with E-state index in [2.05, 4.69) is 32.1 Å². The molecule has 0 aliphatic rings. The lowest BCUT2D eigenvalue weighted by Gasteiger charge is -2.19. The molecule has 4 heteroatoms. The predicted octanol–water partition coefficient (Wildman–Crippen LogP) is 2.45. The Morgan fingerprint density at radius 2 is 2.00 bits per heavy atom. The minimum Gasteiger partial charge on any atom is -0.207 e. The van der Waals surface area contributed by atoms with Gasteiger partial charge in [0.1, 0.15) is 0 Å². The lowest BCUT2D eigenvalue weighted by atomic mass is 9.87. The molecule has 0 aromatic heterocycles. The fourth-order valence-corrected chi connectivity index (χ4v) is 2.43. The maximum atomic E-state index is 11.9. The highest BCUT2D eigenvalue weighted by molar-refractivity contribution is 7.89. The summed E-state index contributed by atoms with van der Waals surface area (Å²) in [5.74, 6) is 0. The average molecular weight is 253 g/mol. The highest BCUT2D eigenvalue weighted by atomic mass is 32.2. The SMILES string of the molecule is C=CCNS(=O)(=O)c1cccc(C(C)(C)C)c1. The first kappa shape index (κ1) is 13.9. The van der Waals surface area contributed by atoms with Crippen LogP contribution in [-0.4, -0.2) is 15.0 Å². The highest BCUT2D eigenvalue weighted by Gasteiger charge is 2.18. The Bertz CT molecular complexity index is 498. The van der Waals surface area contributed by atoms with Crippen molar-refractivity contribution in [2.45, 2.75) is 31.1 Å². The van der Waals surface area contributed by atoms with Gasteiger partial charge in [0.15, 0.2) is 0 Å². The summed E-state index contributed by atoms with van der Waals surface area (Å²) in [4.78, 5) is 0.298. The molecule has 0 amide bonds. The van der Waals surface area contributed by atoms with Gasteiger partial charge >= 0.3 is 0 Å². The molecule has 0 spiro atoms. The summed E-state index contributed by atoms with van der Waals surface area (Å²) in [6, 6.07) is 7.02. The fourth-order valence-electron chi connectivity index (χ4n) is 1.38. The summed E-state index contributed by atoms with van der Waals surface area (Å²) in [6.07, 6.45) is 1.52. The number of benzene rings is 1. The van der Waals surface area contributed by atoms with Crippen molar-refractivity contribution in [2.24, 2.45) is 0 Å². The molecular formula is C13H19NO2S. The summed E-state index contributed by atoms with van der Waals surface area (Å²) >= 11 is 0. The molecule has 1 rings (SSSR count). The van der Waals surface area contributed by atoms with Gasteiger partial charge < -0.3 is 0 Å². The average Bonchev–Trinajstić information content (AvgIpc) is 2.25. The third-order valence-corrected chi connectivity index (χ3v) is 3.85. The second-order valence-electron chi connectivity index (χ2n) is 4.92. The topological polar surface area (TPSA) is 46.2 Å². The molecule has 17 heavy (non-hydrogen) atoms. The molecule has 0 heterocycles. The smallest absolute Gasteiger partial charge is 0.207 e. The molecular weight excluding hydrogens is 234 g/mol. The summed E-state index contributed by atoms with van der Waals surface area (Å²) in [5, 5.41) is 0. The summed E-state index contributed by atoms with van der Waals surface area (Å²) < 4.78 is 26.3. The molecule has 0 saturated heterocycles. The second kappa shape index (κ2) is 5.02. The predicted molar refractivity (Wildman–Crippen MR) is 70.5 cm³/mol. The lowest BCUT2D eigenvalue weighted by molar-refractivity contribution is 0.579. The standard InChI is InChI=1S/C13H19NO2S/c1-5-9-14-17(15,16)12-8-6-7-11(10-12)13(2,3)4/h5-8,10,14H,1,9H2,2-4H3. The quantitative estimate of drug-likeness (QED) is 0.838. The summed E-state index contributed by atoms with van der Waals surface area (Å²) in [7, 11) is -3.43. The van der Waals surface area contributed by atoms with E-state index >= 15 is 0 Å². The van der Waals surface area contributed by atoms with Gasteiger partial charge in [0.2, 0.25) is 10.0 Å². The van der Waals surface area contributed by atoms with Crippen LogP contribution in [0.4, 0.5) is 0 Å². The first-order valence-electron chi connectivity index (χ1n) is 5.48. The molecule has 0 aliphatic carbocycles. The van der Waals surface area contributed by atoms with E-state index in [4.69, 9.17) is 0 Å². The minimum absolute atomic E-state index is 0.0655. The van der Waals surface area contributed by atoms with Crippen molar-refractivity contribution in [2.75, 3.05) is 6.54 Å². The van der Waals surface area contributed by atoms with Crippen LogP contribution in [0.25, 0.3) is 0 Å². The number of hydrogen-bond donors (Lipinski definition) is 1. The van der Waals surface area contributed by atoms with Gasteiger partial charge in [-0.2, -0.15) is 0 Å². The Balaban J connectivity index is 3.12. The van der Waals surface area contributed by atoms with E-state index in [1.807, 2.05) is 6.07 Å². The molecule has 0 unspecified atom stereocenters. The molecule has 0 aliphatic heterocycles. The fraction of sp³-hybridized carbons (Fsp3) is 0.385. The molecule has 1 N–H and O–H groups in total. The van der Waals surface area contributed by atoms with Crippen molar-refractivity contribution in [3.63, 3.8) is 0 Å². The first-order valence-corrected chi connectivity index (χ1v) is 6.97. The zero-order valence-electron chi connectivity index (χ0n) is 10.5. The van der Waals surface area contributed by atoms with Crippen LogP contribution < -0.4 is 4.72 Å². The van der Waals surface area contributed by atoms with Gasteiger partial charge in [0.25, 0.3) is 0 Å². The third-order valence-electron chi connectivity index (χ3n) is 2.43. The third kappa shape index (κ3) is 3.68. The van der Waals surface area contributed by atoms with Gasteiger partial charge in [0.05, 0.1) is 4.90 Å². The van der Waals surface area contributed by atoms with Crippen LogP contribution >= 0.6 is 0 Å². The molecule has 0 radical (unpaired) electrons. The maximum Gasteiger partial charge on any atom is 0.240 e. The highest BCUT2D eigenvalue weighted by Crippen LogP contribution is 2.24. The summed E-state index contributed by atoms with van der Waals surface area (Å²) in [5.41, 5.74) is 0.934. The van der Waals surface area contributed by atoms with Gasteiger partial charge in [-0.25, -0.2) is 13.1 Å². The Hall–Kier alpha value is -1.13. The normalized spacial score (nSPS) is 12.4.